The summed E-state index contributed by atoms with van der Waals surface area (Å²) >= 11 is 4.73. The van der Waals surface area contributed by atoms with E-state index in [9.17, 15) is 13.2 Å². The third-order valence-corrected chi connectivity index (χ3v) is 2.80. The Hall–Kier alpha value is -2.08. The average Bonchev–Trinajstić information content (AvgIpc) is 2.36. The van der Waals surface area contributed by atoms with Crippen LogP contribution in [0.2, 0.25) is 0 Å². The maximum atomic E-state index is 13.7. The number of rotatable bonds is 4. The van der Waals surface area contributed by atoms with E-state index in [0.717, 1.165) is 18.2 Å². The lowest BCUT2D eigenvalue weighted by molar-refractivity contribution is 0.296. The molecule has 0 bridgehead atoms. The van der Waals surface area contributed by atoms with Crippen molar-refractivity contribution in [3.63, 3.8) is 0 Å². The highest BCUT2D eigenvalue weighted by Gasteiger charge is 2.07. The van der Waals surface area contributed by atoms with Gasteiger partial charge in [-0.05, 0) is 6.07 Å². The van der Waals surface area contributed by atoms with E-state index in [1.165, 1.54) is 12.1 Å². The maximum absolute atomic E-state index is 13.7. The van der Waals surface area contributed by atoms with E-state index in [0.29, 0.717) is 5.56 Å². The van der Waals surface area contributed by atoms with Gasteiger partial charge in [-0.2, -0.15) is 0 Å². The quantitative estimate of drug-likeness (QED) is 0.879. The van der Waals surface area contributed by atoms with Gasteiger partial charge in [0.05, 0.1) is 0 Å². The molecular weight excluding hydrogens is 287 g/mol. The van der Waals surface area contributed by atoms with Gasteiger partial charge in [0.1, 0.15) is 34.8 Å². The highest BCUT2D eigenvalue weighted by molar-refractivity contribution is 7.80. The van der Waals surface area contributed by atoms with Crippen LogP contribution in [0.4, 0.5) is 13.2 Å². The van der Waals surface area contributed by atoms with Crippen LogP contribution < -0.4 is 10.5 Å². The van der Waals surface area contributed by atoms with E-state index in [2.05, 4.69) is 0 Å². The molecule has 2 aromatic carbocycles. The molecule has 0 aliphatic heterocycles. The Morgan fingerprint density at radius 1 is 1.05 bits per heavy atom. The smallest absolute Gasteiger partial charge is 0.130 e. The minimum atomic E-state index is -0.760. The number of benzene rings is 2. The Morgan fingerprint density at radius 3 is 2.25 bits per heavy atom. The molecule has 6 heteroatoms. The first-order chi connectivity index (χ1) is 9.45. The first-order valence-electron chi connectivity index (χ1n) is 5.63. The van der Waals surface area contributed by atoms with E-state index in [-0.39, 0.29) is 22.9 Å². The molecule has 2 aromatic rings. The van der Waals surface area contributed by atoms with Gasteiger partial charge in [-0.3, -0.25) is 0 Å². The molecule has 0 saturated carbocycles. The van der Waals surface area contributed by atoms with Gasteiger partial charge in [0.15, 0.2) is 0 Å². The predicted molar refractivity (Wildman–Crippen MR) is 73.0 cm³/mol. The maximum Gasteiger partial charge on any atom is 0.130 e. The highest BCUT2D eigenvalue weighted by atomic mass is 32.1. The molecule has 2 N–H and O–H groups in total. The summed E-state index contributed by atoms with van der Waals surface area (Å²) in [5.74, 6) is -2.08. The fraction of sp³-hybridized carbons (Fsp3) is 0.0714. The second-order valence-corrected chi connectivity index (χ2v) is 4.50. The summed E-state index contributed by atoms with van der Waals surface area (Å²) in [6.45, 7) is -0.160. The van der Waals surface area contributed by atoms with Gasteiger partial charge >= 0.3 is 0 Å². The number of thiocarbonyl (C=S) groups is 1. The summed E-state index contributed by atoms with van der Waals surface area (Å²) in [6.07, 6.45) is 0. The third-order valence-electron chi connectivity index (χ3n) is 2.57. The molecule has 0 fully saturated rings. The Balaban J connectivity index is 2.12. The zero-order valence-corrected chi connectivity index (χ0v) is 11.0. The van der Waals surface area contributed by atoms with Gasteiger partial charge < -0.3 is 10.5 Å². The first-order valence-corrected chi connectivity index (χ1v) is 6.03. The summed E-state index contributed by atoms with van der Waals surface area (Å²) in [7, 11) is 0. The van der Waals surface area contributed by atoms with Crippen LogP contribution in [-0.4, -0.2) is 4.99 Å². The fourth-order valence-corrected chi connectivity index (χ4v) is 1.72. The fourth-order valence-electron chi connectivity index (χ4n) is 1.59. The molecule has 20 heavy (non-hydrogen) atoms. The van der Waals surface area contributed by atoms with Crippen molar-refractivity contribution in [2.45, 2.75) is 6.61 Å². The van der Waals surface area contributed by atoms with Crippen LogP contribution in [-0.2, 0) is 6.61 Å². The topological polar surface area (TPSA) is 35.2 Å². The molecule has 0 unspecified atom stereocenters. The summed E-state index contributed by atoms with van der Waals surface area (Å²) in [6, 6.07) is 6.96. The SMILES string of the molecule is NC(=S)c1ccc(COc2cc(F)cc(F)c2)c(F)c1. The number of ether oxygens (including phenoxy) is 1. The van der Waals surface area contributed by atoms with E-state index in [4.69, 9.17) is 22.7 Å². The zero-order valence-electron chi connectivity index (χ0n) is 10.2. The molecule has 0 aromatic heterocycles. The van der Waals surface area contributed by atoms with Crippen LogP contribution in [0, 0.1) is 17.5 Å². The van der Waals surface area contributed by atoms with Gasteiger partial charge in [-0.15, -0.1) is 0 Å². The standard InChI is InChI=1S/C14H10F3NOS/c15-10-4-11(16)6-12(5-10)19-7-9-2-1-8(14(18)20)3-13(9)17/h1-6H,7H2,(H2,18,20). The van der Waals surface area contributed by atoms with Crippen molar-refractivity contribution in [1.82, 2.24) is 0 Å². The Bertz CT molecular complexity index is 641. The van der Waals surface area contributed by atoms with Crippen LogP contribution in [0.25, 0.3) is 0 Å². The van der Waals surface area contributed by atoms with Crippen molar-refractivity contribution in [2.24, 2.45) is 5.73 Å². The number of nitrogens with two attached hydrogens (primary N) is 1. The minimum absolute atomic E-state index is 0.0136. The Morgan fingerprint density at radius 2 is 1.70 bits per heavy atom. The molecule has 0 aliphatic carbocycles. The molecule has 104 valence electrons. The van der Waals surface area contributed by atoms with Crippen molar-refractivity contribution in [3.05, 3.63) is 65.0 Å². The third kappa shape index (κ3) is 3.48. The molecule has 0 spiro atoms. The molecule has 0 atom stereocenters. The summed E-state index contributed by atoms with van der Waals surface area (Å²) in [5, 5.41) is 0. The largest absolute Gasteiger partial charge is 0.489 e. The average molecular weight is 297 g/mol. The number of hydrogen-bond acceptors (Lipinski definition) is 2. The van der Waals surface area contributed by atoms with Crippen molar-refractivity contribution in [1.29, 1.82) is 0 Å². The monoisotopic (exact) mass is 297 g/mol. The first kappa shape index (κ1) is 14.3. The molecule has 0 aliphatic rings. The van der Waals surface area contributed by atoms with Crippen LogP contribution in [0.15, 0.2) is 36.4 Å². The summed E-state index contributed by atoms with van der Waals surface area (Å²) in [4.78, 5) is 0.0866. The molecule has 0 saturated heterocycles. The van der Waals surface area contributed by atoms with Crippen LogP contribution >= 0.6 is 12.2 Å². The Kier molecular flexibility index (Phi) is 4.24. The van der Waals surface area contributed by atoms with E-state index in [1.54, 1.807) is 6.07 Å². The predicted octanol–water partition coefficient (Wildman–Crippen LogP) is 3.32. The van der Waals surface area contributed by atoms with Crippen molar-refractivity contribution in [2.75, 3.05) is 0 Å². The lowest BCUT2D eigenvalue weighted by atomic mass is 10.1. The van der Waals surface area contributed by atoms with Crippen molar-refractivity contribution < 1.29 is 17.9 Å². The Labute approximate surface area is 119 Å². The van der Waals surface area contributed by atoms with E-state index >= 15 is 0 Å². The van der Waals surface area contributed by atoms with Crippen LogP contribution in [0.5, 0.6) is 5.75 Å². The van der Waals surface area contributed by atoms with E-state index < -0.39 is 17.5 Å². The lowest BCUT2D eigenvalue weighted by Gasteiger charge is -2.08. The van der Waals surface area contributed by atoms with Crippen molar-refractivity contribution >= 4 is 17.2 Å². The highest BCUT2D eigenvalue weighted by Crippen LogP contribution is 2.18. The lowest BCUT2D eigenvalue weighted by Crippen LogP contribution is -2.10. The zero-order chi connectivity index (χ0) is 14.7. The van der Waals surface area contributed by atoms with E-state index in [1.807, 2.05) is 0 Å². The van der Waals surface area contributed by atoms with Gasteiger partial charge in [-0.1, -0.05) is 24.4 Å². The molecule has 2 rings (SSSR count). The second kappa shape index (κ2) is 5.92. The minimum Gasteiger partial charge on any atom is -0.489 e. The van der Waals surface area contributed by atoms with Gasteiger partial charge in [0, 0.05) is 29.3 Å². The normalized spacial score (nSPS) is 10.3. The molecule has 0 heterocycles. The van der Waals surface area contributed by atoms with Gasteiger partial charge in [0.25, 0.3) is 0 Å². The number of halogens is 3. The van der Waals surface area contributed by atoms with Gasteiger partial charge in [-0.25, -0.2) is 13.2 Å². The molecule has 0 radical (unpaired) electrons. The molecule has 0 amide bonds. The van der Waals surface area contributed by atoms with Crippen LogP contribution in [0.1, 0.15) is 11.1 Å². The van der Waals surface area contributed by atoms with Crippen LogP contribution in [0.3, 0.4) is 0 Å². The molecule has 2 nitrogen and oxygen atoms in total. The molecular formula is C14H10F3NOS. The number of hydrogen-bond donors (Lipinski definition) is 1. The summed E-state index contributed by atoms with van der Waals surface area (Å²) < 4.78 is 44.8. The summed E-state index contributed by atoms with van der Waals surface area (Å²) in [5.41, 5.74) is 6.01. The van der Waals surface area contributed by atoms with Crippen molar-refractivity contribution in [3.8, 4) is 5.75 Å². The van der Waals surface area contributed by atoms with Gasteiger partial charge in [0.2, 0.25) is 0 Å². The second-order valence-electron chi connectivity index (χ2n) is 4.06.